The van der Waals surface area contributed by atoms with E-state index in [9.17, 15) is 22.8 Å². The smallest absolute Gasteiger partial charge is 0.330 e. The average molecular weight is 390 g/mol. The van der Waals surface area contributed by atoms with Crippen molar-refractivity contribution in [1.29, 1.82) is 0 Å². The normalized spacial score (nSPS) is 16.8. The van der Waals surface area contributed by atoms with Crippen LogP contribution in [-0.4, -0.2) is 35.4 Å². The highest BCUT2D eigenvalue weighted by atomic mass is 19.2. The summed E-state index contributed by atoms with van der Waals surface area (Å²) in [6.45, 7) is 0.483. The van der Waals surface area contributed by atoms with Crippen LogP contribution in [0.4, 0.5) is 13.2 Å². The zero-order valence-corrected chi connectivity index (χ0v) is 15.0. The summed E-state index contributed by atoms with van der Waals surface area (Å²) < 4.78 is 44.7. The molecule has 1 fully saturated rings. The number of ether oxygens (including phenoxy) is 1. The van der Waals surface area contributed by atoms with Gasteiger partial charge in [-0.15, -0.1) is 0 Å². The van der Waals surface area contributed by atoms with Crippen molar-refractivity contribution in [2.24, 2.45) is 0 Å². The monoisotopic (exact) mass is 390 g/mol. The van der Waals surface area contributed by atoms with Crippen molar-refractivity contribution in [3.05, 3.63) is 70.8 Å². The number of esters is 1. The Labute approximate surface area is 159 Å². The van der Waals surface area contributed by atoms with Gasteiger partial charge in [0.2, 0.25) is 5.91 Å². The fourth-order valence-corrected chi connectivity index (χ4v) is 3.12. The molecule has 28 heavy (non-hydrogen) atoms. The Balaban J connectivity index is 1.77. The highest BCUT2D eigenvalue weighted by Crippen LogP contribution is 2.31. The molecule has 0 radical (unpaired) electrons. The maximum absolute atomic E-state index is 13.5. The summed E-state index contributed by atoms with van der Waals surface area (Å²) in [7, 11) is 1.26. The number of methoxy groups -OCH3 is 1. The van der Waals surface area contributed by atoms with Crippen LogP contribution in [0, 0.1) is 17.5 Å². The SMILES string of the molecule is COC(=O)/C=C/c1cnccc1CN1CC(c2cc(F)c(F)c(F)c2)CC1=O. The maximum atomic E-state index is 13.5. The summed E-state index contributed by atoms with van der Waals surface area (Å²) in [5.74, 6) is -5.21. The van der Waals surface area contributed by atoms with Crippen LogP contribution in [0.2, 0.25) is 0 Å². The highest BCUT2D eigenvalue weighted by molar-refractivity contribution is 5.87. The summed E-state index contributed by atoms with van der Waals surface area (Å²) >= 11 is 0. The number of aromatic nitrogens is 1. The number of hydrogen-bond donors (Lipinski definition) is 0. The lowest BCUT2D eigenvalue weighted by atomic mass is 9.98. The average Bonchev–Trinajstić information content (AvgIpc) is 3.05. The van der Waals surface area contributed by atoms with Crippen LogP contribution in [0.3, 0.4) is 0 Å². The second kappa shape index (κ2) is 8.24. The molecule has 8 heteroatoms. The van der Waals surface area contributed by atoms with Crippen molar-refractivity contribution in [2.75, 3.05) is 13.7 Å². The van der Waals surface area contributed by atoms with Crippen molar-refractivity contribution in [3.8, 4) is 0 Å². The zero-order valence-electron chi connectivity index (χ0n) is 15.0. The van der Waals surface area contributed by atoms with E-state index < -0.39 is 29.3 Å². The first kappa shape index (κ1) is 19.6. The molecule has 0 bridgehead atoms. The van der Waals surface area contributed by atoms with E-state index in [0.29, 0.717) is 5.56 Å². The Morgan fingerprint density at radius 3 is 2.71 bits per heavy atom. The van der Waals surface area contributed by atoms with Crippen molar-refractivity contribution in [2.45, 2.75) is 18.9 Å². The molecule has 1 aliphatic rings. The Hall–Kier alpha value is -3.16. The topological polar surface area (TPSA) is 59.5 Å². The van der Waals surface area contributed by atoms with E-state index >= 15 is 0 Å². The molecule has 0 spiro atoms. The molecule has 1 aromatic carbocycles. The molecule has 0 N–H and O–H groups in total. The predicted octanol–water partition coefficient (Wildman–Crippen LogP) is 3.20. The number of halogens is 3. The van der Waals surface area contributed by atoms with Gasteiger partial charge in [-0.2, -0.15) is 0 Å². The summed E-state index contributed by atoms with van der Waals surface area (Å²) in [5.41, 5.74) is 1.64. The lowest BCUT2D eigenvalue weighted by Gasteiger charge is -2.18. The third kappa shape index (κ3) is 4.21. The van der Waals surface area contributed by atoms with Crippen molar-refractivity contribution < 1.29 is 27.5 Å². The molecule has 1 saturated heterocycles. The molecule has 1 aliphatic heterocycles. The van der Waals surface area contributed by atoms with E-state index in [-0.39, 0.29) is 31.0 Å². The molecule has 1 amide bonds. The van der Waals surface area contributed by atoms with E-state index in [2.05, 4.69) is 9.72 Å². The number of amides is 1. The first-order valence-electron chi connectivity index (χ1n) is 8.50. The van der Waals surface area contributed by atoms with E-state index in [4.69, 9.17) is 0 Å². The van der Waals surface area contributed by atoms with Gasteiger partial charge in [-0.1, -0.05) is 0 Å². The number of nitrogens with zero attached hydrogens (tertiary/aromatic N) is 2. The van der Waals surface area contributed by atoms with Gasteiger partial charge in [0.1, 0.15) is 0 Å². The minimum absolute atomic E-state index is 0.0724. The Morgan fingerprint density at radius 2 is 2.04 bits per heavy atom. The van der Waals surface area contributed by atoms with Crippen LogP contribution in [-0.2, 0) is 20.9 Å². The quantitative estimate of drug-likeness (QED) is 0.447. The van der Waals surface area contributed by atoms with E-state index in [1.165, 1.54) is 19.3 Å². The molecule has 1 unspecified atom stereocenters. The van der Waals surface area contributed by atoms with Crippen LogP contribution >= 0.6 is 0 Å². The van der Waals surface area contributed by atoms with E-state index in [0.717, 1.165) is 17.7 Å². The Bertz CT molecular complexity index is 923. The van der Waals surface area contributed by atoms with Crippen molar-refractivity contribution >= 4 is 18.0 Å². The highest BCUT2D eigenvalue weighted by Gasteiger charge is 2.32. The summed E-state index contributed by atoms with van der Waals surface area (Å²) in [5, 5.41) is 0. The number of likely N-dealkylation sites (tertiary alicyclic amines) is 1. The van der Waals surface area contributed by atoms with Gasteiger partial charge in [-0.05, 0) is 41.0 Å². The van der Waals surface area contributed by atoms with Gasteiger partial charge < -0.3 is 9.64 Å². The molecular formula is C20H17F3N2O3. The van der Waals surface area contributed by atoms with Gasteiger partial charge >= 0.3 is 5.97 Å². The van der Waals surface area contributed by atoms with Crippen molar-refractivity contribution in [1.82, 2.24) is 9.88 Å². The standard InChI is InChI=1S/C20H17F3N2O3/c1-28-19(27)3-2-12-9-24-5-4-13(12)10-25-11-15(8-18(25)26)14-6-16(21)20(23)17(22)7-14/h2-7,9,15H,8,10-11H2,1H3/b3-2+. The lowest BCUT2D eigenvalue weighted by molar-refractivity contribution is -0.134. The Kier molecular flexibility index (Phi) is 5.77. The fraction of sp³-hybridized carbons (Fsp3) is 0.250. The number of carbonyl (C=O) groups is 2. The summed E-state index contributed by atoms with van der Waals surface area (Å²) in [4.78, 5) is 29.2. The molecule has 1 aromatic heterocycles. The van der Waals surface area contributed by atoms with Crippen LogP contribution in [0.15, 0.2) is 36.7 Å². The molecular weight excluding hydrogens is 373 g/mol. The maximum Gasteiger partial charge on any atom is 0.330 e. The van der Waals surface area contributed by atoms with Gasteiger partial charge in [0.05, 0.1) is 7.11 Å². The molecule has 2 heterocycles. The number of hydrogen-bond acceptors (Lipinski definition) is 4. The second-order valence-electron chi connectivity index (χ2n) is 6.40. The number of benzene rings is 1. The largest absolute Gasteiger partial charge is 0.466 e. The minimum Gasteiger partial charge on any atom is -0.466 e. The van der Waals surface area contributed by atoms with Gasteiger partial charge in [-0.3, -0.25) is 9.78 Å². The van der Waals surface area contributed by atoms with Gasteiger partial charge in [0.25, 0.3) is 0 Å². The first-order chi connectivity index (χ1) is 13.4. The minimum atomic E-state index is -1.52. The van der Waals surface area contributed by atoms with Crippen LogP contribution in [0.25, 0.3) is 6.08 Å². The first-order valence-corrected chi connectivity index (χ1v) is 8.50. The third-order valence-corrected chi connectivity index (χ3v) is 4.60. The summed E-state index contributed by atoms with van der Waals surface area (Å²) in [6, 6.07) is 3.57. The van der Waals surface area contributed by atoms with Crippen molar-refractivity contribution in [3.63, 3.8) is 0 Å². The van der Waals surface area contributed by atoms with Gasteiger partial charge in [-0.25, -0.2) is 18.0 Å². The number of rotatable bonds is 5. The van der Waals surface area contributed by atoms with Crippen LogP contribution in [0.5, 0.6) is 0 Å². The third-order valence-electron chi connectivity index (χ3n) is 4.60. The molecule has 5 nitrogen and oxygen atoms in total. The summed E-state index contributed by atoms with van der Waals surface area (Å²) in [6.07, 6.45) is 5.98. The van der Waals surface area contributed by atoms with Crippen LogP contribution < -0.4 is 0 Å². The zero-order chi connectivity index (χ0) is 20.3. The predicted molar refractivity (Wildman–Crippen MR) is 94.4 cm³/mol. The van der Waals surface area contributed by atoms with E-state index in [1.54, 1.807) is 23.4 Å². The Morgan fingerprint density at radius 1 is 1.32 bits per heavy atom. The number of pyridine rings is 1. The fourth-order valence-electron chi connectivity index (χ4n) is 3.12. The second-order valence-corrected chi connectivity index (χ2v) is 6.40. The van der Waals surface area contributed by atoms with Gasteiger partial charge in [0, 0.05) is 43.9 Å². The molecule has 1 atom stereocenters. The number of carbonyl (C=O) groups excluding carboxylic acids is 2. The van der Waals surface area contributed by atoms with Gasteiger partial charge in [0.15, 0.2) is 17.5 Å². The molecule has 0 saturated carbocycles. The molecule has 3 rings (SSSR count). The molecule has 146 valence electrons. The molecule has 2 aromatic rings. The lowest BCUT2D eigenvalue weighted by Crippen LogP contribution is -2.24. The van der Waals surface area contributed by atoms with E-state index in [1.807, 2.05) is 0 Å². The molecule has 0 aliphatic carbocycles. The van der Waals surface area contributed by atoms with Crippen LogP contribution in [0.1, 0.15) is 29.0 Å².